The van der Waals surface area contributed by atoms with E-state index in [9.17, 15) is 0 Å². The van der Waals surface area contributed by atoms with Crippen LogP contribution in [0.4, 0.5) is 5.69 Å². The highest BCUT2D eigenvalue weighted by atomic mass is 16.3. The van der Waals surface area contributed by atoms with E-state index in [1.807, 2.05) is 60.7 Å². The minimum Gasteiger partial charge on any atom is -0.455 e. The number of furan rings is 1. The molecule has 0 saturated carbocycles. The molecule has 3 aromatic carbocycles. The van der Waals surface area contributed by atoms with Crippen LogP contribution in [0.15, 0.2) is 76.3 Å². The van der Waals surface area contributed by atoms with Gasteiger partial charge in [0, 0.05) is 26.9 Å². The summed E-state index contributed by atoms with van der Waals surface area (Å²) in [4.78, 5) is 2.91. The first kappa shape index (κ1) is 12.5. The number of hydrogen-bond donors (Lipinski definition) is 0. The summed E-state index contributed by atoms with van der Waals surface area (Å²) >= 11 is 0. The van der Waals surface area contributed by atoms with Crippen molar-refractivity contribution >= 4 is 27.6 Å². The van der Waals surface area contributed by atoms with Crippen LogP contribution in [0.3, 0.4) is 0 Å². The van der Waals surface area contributed by atoms with Crippen molar-refractivity contribution in [2.24, 2.45) is 5.11 Å². The molecule has 0 aliphatic carbocycles. The van der Waals surface area contributed by atoms with E-state index in [0.717, 1.165) is 33.1 Å². The molecule has 0 unspecified atom stereocenters. The summed E-state index contributed by atoms with van der Waals surface area (Å²) in [7, 11) is 0. The fourth-order valence-electron chi connectivity index (χ4n) is 2.80. The van der Waals surface area contributed by atoms with E-state index in [1.54, 1.807) is 6.07 Å². The molecule has 0 N–H and O–H groups in total. The molecular weight excluding hydrogens is 274 g/mol. The SMILES string of the molecule is [N-]=[N+]=Nc1ccccc1-c1cccc2c1oc1ccccc12. The van der Waals surface area contributed by atoms with Gasteiger partial charge < -0.3 is 4.42 Å². The fourth-order valence-corrected chi connectivity index (χ4v) is 2.80. The molecule has 0 radical (unpaired) electrons. The van der Waals surface area contributed by atoms with Crippen LogP contribution in [0.25, 0.3) is 43.5 Å². The smallest absolute Gasteiger partial charge is 0.143 e. The quantitative estimate of drug-likeness (QED) is 0.246. The van der Waals surface area contributed by atoms with Crippen LogP contribution in [0.2, 0.25) is 0 Å². The predicted molar refractivity (Wildman–Crippen MR) is 88.0 cm³/mol. The van der Waals surface area contributed by atoms with Gasteiger partial charge in [0.2, 0.25) is 0 Å². The second-order valence-electron chi connectivity index (χ2n) is 4.99. The molecule has 0 aliphatic rings. The summed E-state index contributed by atoms with van der Waals surface area (Å²) in [6.07, 6.45) is 0. The molecule has 4 nitrogen and oxygen atoms in total. The number of para-hydroxylation sites is 2. The summed E-state index contributed by atoms with van der Waals surface area (Å²) in [5, 5.41) is 5.93. The Labute approximate surface area is 126 Å². The number of nitrogens with zero attached hydrogens (tertiary/aromatic N) is 3. The maximum atomic E-state index is 8.75. The normalized spacial score (nSPS) is 10.7. The van der Waals surface area contributed by atoms with E-state index in [4.69, 9.17) is 9.95 Å². The standard InChI is InChI=1S/C18H11N3O/c19-21-20-16-10-3-1-6-12(16)14-8-5-9-15-13-7-2-4-11-17(13)22-18(14)15/h1-11H. The average Bonchev–Trinajstić information content (AvgIpc) is 2.94. The zero-order valence-electron chi connectivity index (χ0n) is 11.6. The van der Waals surface area contributed by atoms with Crippen molar-refractivity contribution in [2.45, 2.75) is 0 Å². The van der Waals surface area contributed by atoms with Crippen molar-refractivity contribution in [3.63, 3.8) is 0 Å². The number of fused-ring (bicyclic) bond motifs is 3. The minimum atomic E-state index is 0.595. The summed E-state index contributed by atoms with van der Waals surface area (Å²) in [5.41, 5.74) is 12.8. The van der Waals surface area contributed by atoms with Gasteiger partial charge in [0.15, 0.2) is 0 Å². The van der Waals surface area contributed by atoms with Crippen molar-refractivity contribution in [3.8, 4) is 11.1 Å². The summed E-state index contributed by atoms with van der Waals surface area (Å²) in [6.45, 7) is 0. The van der Waals surface area contributed by atoms with E-state index in [0.29, 0.717) is 5.69 Å². The number of hydrogen-bond acceptors (Lipinski definition) is 2. The highest BCUT2D eigenvalue weighted by molar-refractivity contribution is 6.10. The second kappa shape index (κ2) is 4.95. The van der Waals surface area contributed by atoms with Crippen molar-refractivity contribution in [1.82, 2.24) is 0 Å². The molecule has 0 fully saturated rings. The van der Waals surface area contributed by atoms with Crippen molar-refractivity contribution in [1.29, 1.82) is 0 Å². The molecule has 22 heavy (non-hydrogen) atoms. The van der Waals surface area contributed by atoms with Gasteiger partial charge in [-0.3, -0.25) is 0 Å². The average molecular weight is 285 g/mol. The first-order valence-electron chi connectivity index (χ1n) is 6.93. The minimum absolute atomic E-state index is 0.595. The van der Waals surface area contributed by atoms with Crippen LogP contribution in [-0.4, -0.2) is 0 Å². The molecule has 0 bridgehead atoms. The lowest BCUT2D eigenvalue weighted by Crippen LogP contribution is -1.79. The Morgan fingerprint density at radius 1 is 0.773 bits per heavy atom. The fraction of sp³-hybridized carbons (Fsp3) is 0. The van der Waals surface area contributed by atoms with Gasteiger partial charge in [-0.05, 0) is 17.2 Å². The third-order valence-corrected chi connectivity index (χ3v) is 3.75. The highest BCUT2D eigenvalue weighted by Gasteiger charge is 2.13. The third kappa shape index (κ3) is 1.83. The zero-order valence-corrected chi connectivity index (χ0v) is 11.6. The summed E-state index contributed by atoms with van der Waals surface area (Å²) < 4.78 is 6.04. The number of rotatable bonds is 2. The largest absolute Gasteiger partial charge is 0.455 e. The van der Waals surface area contributed by atoms with Gasteiger partial charge in [0.05, 0.1) is 0 Å². The Balaban J connectivity index is 2.10. The molecule has 4 heteroatoms. The molecule has 4 aromatic rings. The molecule has 0 amide bonds. The molecule has 0 spiro atoms. The van der Waals surface area contributed by atoms with Crippen LogP contribution in [-0.2, 0) is 0 Å². The Morgan fingerprint density at radius 2 is 1.50 bits per heavy atom. The Morgan fingerprint density at radius 3 is 2.41 bits per heavy atom. The van der Waals surface area contributed by atoms with E-state index >= 15 is 0 Å². The van der Waals surface area contributed by atoms with Gasteiger partial charge in [0.1, 0.15) is 11.2 Å². The third-order valence-electron chi connectivity index (χ3n) is 3.75. The van der Waals surface area contributed by atoms with Crippen molar-refractivity contribution in [3.05, 3.63) is 77.2 Å². The lowest BCUT2D eigenvalue weighted by molar-refractivity contribution is 0.670. The van der Waals surface area contributed by atoms with E-state index in [2.05, 4.69) is 10.0 Å². The van der Waals surface area contributed by atoms with Gasteiger partial charge in [-0.25, -0.2) is 0 Å². The maximum Gasteiger partial charge on any atom is 0.143 e. The number of benzene rings is 3. The van der Waals surface area contributed by atoms with Crippen LogP contribution in [0.5, 0.6) is 0 Å². The lowest BCUT2D eigenvalue weighted by Gasteiger charge is -2.05. The van der Waals surface area contributed by atoms with Gasteiger partial charge in [0.25, 0.3) is 0 Å². The molecule has 0 atom stereocenters. The molecule has 0 saturated heterocycles. The van der Waals surface area contributed by atoms with Gasteiger partial charge >= 0.3 is 0 Å². The Hall–Kier alpha value is -3.23. The molecule has 104 valence electrons. The Kier molecular flexibility index (Phi) is 2.81. The van der Waals surface area contributed by atoms with Gasteiger partial charge in [-0.2, -0.15) is 0 Å². The maximum absolute atomic E-state index is 8.75. The summed E-state index contributed by atoms with van der Waals surface area (Å²) in [5.74, 6) is 0. The second-order valence-corrected chi connectivity index (χ2v) is 4.99. The van der Waals surface area contributed by atoms with Crippen LogP contribution >= 0.6 is 0 Å². The molecular formula is C18H11N3O. The lowest BCUT2D eigenvalue weighted by atomic mass is 10.0. The Bertz CT molecular complexity index is 1040. The van der Waals surface area contributed by atoms with Crippen LogP contribution in [0, 0.1) is 0 Å². The van der Waals surface area contributed by atoms with Gasteiger partial charge in [-0.1, -0.05) is 65.8 Å². The van der Waals surface area contributed by atoms with E-state index in [-0.39, 0.29) is 0 Å². The summed E-state index contributed by atoms with van der Waals surface area (Å²) in [6, 6.07) is 21.5. The van der Waals surface area contributed by atoms with Crippen LogP contribution in [0.1, 0.15) is 0 Å². The monoisotopic (exact) mass is 285 g/mol. The zero-order chi connectivity index (χ0) is 14.9. The first-order valence-corrected chi connectivity index (χ1v) is 6.93. The molecule has 0 aliphatic heterocycles. The predicted octanol–water partition coefficient (Wildman–Crippen LogP) is 6.19. The van der Waals surface area contributed by atoms with Crippen LogP contribution < -0.4 is 0 Å². The molecule has 1 aromatic heterocycles. The van der Waals surface area contributed by atoms with E-state index < -0.39 is 0 Å². The molecule has 4 rings (SSSR count). The highest BCUT2D eigenvalue weighted by Crippen LogP contribution is 2.38. The topological polar surface area (TPSA) is 61.9 Å². The van der Waals surface area contributed by atoms with Crippen molar-refractivity contribution in [2.75, 3.05) is 0 Å². The molecule has 1 heterocycles. The van der Waals surface area contributed by atoms with Gasteiger partial charge in [-0.15, -0.1) is 0 Å². The van der Waals surface area contributed by atoms with E-state index in [1.165, 1.54) is 0 Å². The number of azide groups is 1. The van der Waals surface area contributed by atoms with Crippen molar-refractivity contribution < 1.29 is 4.42 Å². The first-order chi connectivity index (χ1) is 10.9.